The molecule has 7 heteroatoms. The number of carbonyl (C=O) groups is 1. The number of likely N-dealkylation sites (tertiary alicyclic amines) is 1. The molecule has 4 rings (SSSR count). The molecule has 160 valence electrons. The highest BCUT2D eigenvalue weighted by atomic mass is 16.5. The minimum absolute atomic E-state index is 0.0201. The molecule has 3 aromatic rings. The second kappa shape index (κ2) is 9.55. The number of ether oxygens (including phenoxy) is 1. The summed E-state index contributed by atoms with van der Waals surface area (Å²) in [5, 5.41) is 3.27. The summed E-state index contributed by atoms with van der Waals surface area (Å²) < 4.78 is 5.83. The average molecular weight is 418 g/mol. The zero-order chi connectivity index (χ0) is 21.6. The quantitative estimate of drug-likeness (QED) is 0.615. The van der Waals surface area contributed by atoms with Crippen LogP contribution in [0.3, 0.4) is 0 Å². The summed E-state index contributed by atoms with van der Waals surface area (Å²) in [6.07, 6.45) is 7.19. The average Bonchev–Trinajstić information content (AvgIpc) is 3.25. The van der Waals surface area contributed by atoms with E-state index in [9.17, 15) is 4.79 Å². The van der Waals surface area contributed by atoms with Gasteiger partial charge in [0.2, 0.25) is 5.91 Å². The van der Waals surface area contributed by atoms with Crippen molar-refractivity contribution in [2.45, 2.75) is 39.2 Å². The number of benzene rings is 1. The lowest BCUT2D eigenvalue weighted by molar-refractivity contribution is -0.132. The molecule has 1 aliphatic heterocycles. The van der Waals surface area contributed by atoms with Gasteiger partial charge < -0.3 is 15.0 Å². The van der Waals surface area contributed by atoms with E-state index in [1.165, 1.54) is 0 Å². The first-order valence-electron chi connectivity index (χ1n) is 10.6. The van der Waals surface area contributed by atoms with Gasteiger partial charge in [0.15, 0.2) is 0 Å². The minimum atomic E-state index is -0.0201. The van der Waals surface area contributed by atoms with Crippen LogP contribution in [0.25, 0.3) is 0 Å². The van der Waals surface area contributed by atoms with E-state index in [1.807, 2.05) is 55.1 Å². The van der Waals surface area contributed by atoms with Gasteiger partial charge in [0.25, 0.3) is 0 Å². The van der Waals surface area contributed by atoms with E-state index in [4.69, 9.17) is 9.72 Å². The van der Waals surface area contributed by atoms with Crippen LogP contribution in [-0.2, 0) is 4.79 Å². The van der Waals surface area contributed by atoms with Crippen LogP contribution in [-0.4, -0.2) is 38.9 Å². The largest absolute Gasteiger partial charge is 0.493 e. The lowest BCUT2D eigenvalue weighted by Gasteiger charge is -2.25. The van der Waals surface area contributed by atoms with Gasteiger partial charge in [-0.05, 0) is 50.5 Å². The molecule has 0 radical (unpaired) electrons. The highest BCUT2D eigenvalue weighted by Gasteiger charge is 2.31. The number of rotatable bonds is 7. The summed E-state index contributed by atoms with van der Waals surface area (Å²) in [4.78, 5) is 28.0. The second-order valence-electron chi connectivity index (χ2n) is 7.75. The van der Waals surface area contributed by atoms with Crippen molar-refractivity contribution in [3.8, 4) is 5.75 Å². The van der Waals surface area contributed by atoms with Crippen molar-refractivity contribution in [3.63, 3.8) is 0 Å². The maximum absolute atomic E-state index is 12.9. The smallest absolute Gasteiger partial charge is 0.226 e. The molecule has 1 fully saturated rings. The van der Waals surface area contributed by atoms with Crippen molar-refractivity contribution in [1.82, 2.24) is 19.9 Å². The van der Waals surface area contributed by atoms with Crippen molar-refractivity contribution in [2.24, 2.45) is 0 Å². The number of aryl methyl sites for hydroxylation is 2. The van der Waals surface area contributed by atoms with Gasteiger partial charge in [0.05, 0.1) is 31.0 Å². The van der Waals surface area contributed by atoms with Crippen LogP contribution in [0.2, 0.25) is 0 Å². The van der Waals surface area contributed by atoms with Gasteiger partial charge in [0, 0.05) is 30.3 Å². The van der Waals surface area contributed by atoms with Gasteiger partial charge in [-0.15, -0.1) is 0 Å². The third kappa shape index (κ3) is 5.17. The number of pyridine rings is 1. The molecule has 3 heterocycles. The molecule has 2 aromatic heterocycles. The fourth-order valence-electron chi connectivity index (χ4n) is 3.93. The van der Waals surface area contributed by atoms with Crippen LogP contribution in [0.1, 0.15) is 42.3 Å². The number of para-hydroxylation sites is 1. The van der Waals surface area contributed by atoms with Crippen LogP contribution in [0.4, 0.5) is 11.5 Å². The number of amides is 1. The van der Waals surface area contributed by atoms with Crippen molar-refractivity contribution in [3.05, 3.63) is 71.9 Å². The molecule has 7 nitrogen and oxygen atoms in total. The van der Waals surface area contributed by atoms with E-state index in [-0.39, 0.29) is 11.9 Å². The van der Waals surface area contributed by atoms with Gasteiger partial charge in [0.1, 0.15) is 11.6 Å². The van der Waals surface area contributed by atoms with E-state index in [2.05, 4.69) is 15.3 Å². The normalized spacial score (nSPS) is 15.7. The lowest BCUT2D eigenvalue weighted by atomic mass is 10.1. The van der Waals surface area contributed by atoms with Crippen LogP contribution in [0.15, 0.2) is 55.0 Å². The van der Waals surface area contributed by atoms with E-state index >= 15 is 0 Å². The van der Waals surface area contributed by atoms with Gasteiger partial charge in [-0.2, -0.15) is 0 Å². The monoisotopic (exact) mass is 417 g/mol. The van der Waals surface area contributed by atoms with Gasteiger partial charge in [-0.3, -0.25) is 14.8 Å². The Bertz CT molecular complexity index is 1040. The standard InChI is InChI=1S/C24H27N5O2/c1-17-6-3-4-8-22(17)31-13-9-24(30)29-12-5-7-21(29)20-15-19(14-18(2)27-20)28-23-16-25-10-11-26-23/h3-4,6,8,10-11,14-16,21H,5,7,9,12-13H2,1-2H3,(H,26,27,28)/t21-/m0/s1. The maximum Gasteiger partial charge on any atom is 0.226 e. The number of hydrogen-bond acceptors (Lipinski definition) is 6. The Hall–Kier alpha value is -3.48. The molecule has 1 amide bonds. The Morgan fingerprint density at radius 2 is 2.10 bits per heavy atom. The number of nitrogens with one attached hydrogen (secondary N) is 1. The summed E-state index contributed by atoms with van der Waals surface area (Å²) >= 11 is 0. The summed E-state index contributed by atoms with van der Waals surface area (Å²) in [6, 6.07) is 11.8. The molecule has 0 aliphatic carbocycles. The zero-order valence-electron chi connectivity index (χ0n) is 17.9. The van der Waals surface area contributed by atoms with Gasteiger partial charge in [-0.25, -0.2) is 4.98 Å². The van der Waals surface area contributed by atoms with Gasteiger partial charge in [-0.1, -0.05) is 18.2 Å². The molecule has 0 unspecified atom stereocenters. The number of aromatic nitrogens is 3. The Balaban J connectivity index is 1.42. The first-order chi connectivity index (χ1) is 15.1. The summed E-state index contributed by atoms with van der Waals surface area (Å²) in [5.41, 5.74) is 3.76. The van der Waals surface area contributed by atoms with E-state index < -0.39 is 0 Å². The second-order valence-corrected chi connectivity index (χ2v) is 7.75. The molecule has 0 spiro atoms. The first-order valence-corrected chi connectivity index (χ1v) is 10.6. The Morgan fingerprint density at radius 1 is 1.23 bits per heavy atom. The third-order valence-corrected chi connectivity index (χ3v) is 5.39. The zero-order valence-corrected chi connectivity index (χ0v) is 17.9. The van der Waals surface area contributed by atoms with Crippen molar-refractivity contribution >= 4 is 17.4 Å². The molecular weight excluding hydrogens is 390 g/mol. The third-order valence-electron chi connectivity index (χ3n) is 5.39. The molecule has 1 atom stereocenters. The fraction of sp³-hybridized carbons (Fsp3) is 0.333. The Kier molecular flexibility index (Phi) is 6.40. The van der Waals surface area contributed by atoms with Crippen LogP contribution in [0.5, 0.6) is 5.75 Å². The van der Waals surface area contributed by atoms with E-state index in [0.29, 0.717) is 18.8 Å². The number of carbonyl (C=O) groups excluding carboxylic acids is 1. The first kappa shape index (κ1) is 20.8. The van der Waals surface area contributed by atoms with Crippen molar-refractivity contribution in [2.75, 3.05) is 18.5 Å². The number of hydrogen-bond donors (Lipinski definition) is 1. The van der Waals surface area contributed by atoms with Crippen molar-refractivity contribution in [1.29, 1.82) is 0 Å². The van der Waals surface area contributed by atoms with E-state index in [0.717, 1.165) is 47.8 Å². The lowest BCUT2D eigenvalue weighted by Crippen LogP contribution is -2.32. The molecule has 0 bridgehead atoms. The molecule has 31 heavy (non-hydrogen) atoms. The highest BCUT2D eigenvalue weighted by Crippen LogP contribution is 2.33. The SMILES string of the molecule is Cc1cc(Nc2cnccn2)cc([C@@H]2CCCN2C(=O)CCOc2ccccc2C)n1. The summed E-state index contributed by atoms with van der Waals surface area (Å²) in [5.74, 6) is 1.60. The predicted octanol–water partition coefficient (Wildman–Crippen LogP) is 4.36. The Morgan fingerprint density at radius 3 is 2.90 bits per heavy atom. The van der Waals surface area contributed by atoms with Crippen molar-refractivity contribution < 1.29 is 9.53 Å². The predicted molar refractivity (Wildman–Crippen MR) is 119 cm³/mol. The molecule has 0 saturated carbocycles. The summed E-state index contributed by atoms with van der Waals surface area (Å²) in [6.45, 7) is 5.08. The maximum atomic E-state index is 12.9. The number of anilines is 2. The van der Waals surface area contributed by atoms with E-state index in [1.54, 1.807) is 18.6 Å². The number of nitrogens with zero attached hydrogens (tertiary/aromatic N) is 4. The molecule has 1 N–H and O–H groups in total. The van der Waals surface area contributed by atoms with Crippen LogP contribution < -0.4 is 10.1 Å². The Labute approximate surface area is 182 Å². The molecule has 1 saturated heterocycles. The van der Waals surface area contributed by atoms with Crippen LogP contribution >= 0.6 is 0 Å². The fourth-order valence-corrected chi connectivity index (χ4v) is 3.93. The van der Waals surface area contributed by atoms with Gasteiger partial charge >= 0.3 is 0 Å². The highest BCUT2D eigenvalue weighted by molar-refractivity contribution is 5.77. The molecule has 1 aliphatic rings. The molecular formula is C24H27N5O2. The topological polar surface area (TPSA) is 80.2 Å². The summed E-state index contributed by atoms with van der Waals surface area (Å²) in [7, 11) is 0. The minimum Gasteiger partial charge on any atom is -0.493 e. The molecule has 1 aromatic carbocycles. The van der Waals surface area contributed by atoms with Crippen LogP contribution in [0, 0.1) is 13.8 Å².